The minimum absolute atomic E-state index is 0.0114. The van der Waals surface area contributed by atoms with Crippen molar-refractivity contribution in [2.75, 3.05) is 57.4 Å². The standard InChI is InChI=1S/C38H38ClF2N5O3/c1-2-26-30(40)6-3-22-13-25(47)14-27(31(22)26)32-29(39)15-28-34(33(32)41)43-36(44-35(28)46-16-23-4-5-24(17-46)42-23)49-21-37(7-8-37)18-45-11-9-38(19-45)10-12-48-20-38/h1,3,6,13-15,23-24,42,47H,4-5,7-12,16-21H2. The number of fused-ring (bicyclic) bond motifs is 4. The number of nitrogens with zero attached hydrogens (tertiary/aromatic N) is 4. The normalized spacial score (nSPS) is 25.9. The van der Waals surface area contributed by atoms with Crippen LogP contribution in [0.2, 0.25) is 5.02 Å². The van der Waals surface area contributed by atoms with Crippen molar-refractivity contribution in [3.8, 4) is 35.2 Å². The lowest BCUT2D eigenvalue weighted by Gasteiger charge is -2.34. The van der Waals surface area contributed by atoms with Gasteiger partial charge >= 0.3 is 6.01 Å². The van der Waals surface area contributed by atoms with Crippen LogP contribution in [0.3, 0.4) is 0 Å². The molecule has 11 heteroatoms. The van der Waals surface area contributed by atoms with E-state index in [0.29, 0.717) is 40.7 Å². The van der Waals surface area contributed by atoms with Crippen molar-refractivity contribution in [2.45, 2.75) is 50.6 Å². The highest BCUT2D eigenvalue weighted by atomic mass is 35.5. The number of hydrogen-bond donors (Lipinski definition) is 2. The Hall–Kier alpha value is -3.75. The summed E-state index contributed by atoms with van der Waals surface area (Å²) in [6, 6.07) is 7.98. The topological polar surface area (TPSA) is 83.0 Å². The van der Waals surface area contributed by atoms with Gasteiger partial charge in [-0.3, -0.25) is 0 Å². The zero-order valence-electron chi connectivity index (χ0n) is 27.2. The molecule has 8 nitrogen and oxygen atoms in total. The van der Waals surface area contributed by atoms with Crippen molar-refractivity contribution in [3.05, 3.63) is 52.6 Å². The molecule has 4 aromatic rings. The Bertz CT molecular complexity index is 2030. The fourth-order valence-corrected chi connectivity index (χ4v) is 9.09. The SMILES string of the molecule is C#Cc1c(F)ccc2cc(O)cc(-c3c(Cl)cc4c(N5CC6CCC(C5)N6)nc(OCC5(CN6CCC7(CCOC7)C6)CC5)nc4c3F)c12. The second kappa shape index (κ2) is 11.7. The maximum Gasteiger partial charge on any atom is 0.319 e. The smallest absolute Gasteiger partial charge is 0.319 e. The summed E-state index contributed by atoms with van der Waals surface area (Å²) in [7, 11) is 0. The molecule has 5 fully saturated rings. The van der Waals surface area contributed by atoms with E-state index in [2.05, 4.69) is 26.0 Å². The Kier molecular flexibility index (Phi) is 7.44. The van der Waals surface area contributed by atoms with Gasteiger partial charge in [0.25, 0.3) is 0 Å². The van der Waals surface area contributed by atoms with Gasteiger partial charge in [-0.1, -0.05) is 23.6 Å². The van der Waals surface area contributed by atoms with Crippen LogP contribution in [-0.2, 0) is 4.74 Å². The Labute approximate surface area is 288 Å². The number of hydrogen-bond acceptors (Lipinski definition) is 8. The van der Waals surface area contributed by atoms with E-state index in [1.807, 2.05) is 0 Å². The molecule has 0 radical (unpaired) electrons. The molecule has 1 aromatic heterocycles. The number of aromatic nitrogens is 2. The van der Waals surface area contributed by atoms with E-state index in [9.17, 15) is 9.50 Å². The zero-order valence-corrected chi connectivity index (χ0v) is 28.0. The molecule has 3 unspecified atom stereocenters. The van der Waals surface area contributed by atoms with Gasteiger partial charge in [-0.05, 0) is 80.3 Å². The maximum atomic E-state index is 17.1. The number of likely N-dealkylation sites (tertiary alicyclic amines) is 1. The van der Waals surface area contributed by atoms with Crippen molar-refractivity contribution in [2.24, 2.45) is 10.8 Å². The highest BCUT2D eigenvalue weighted by Crippen LogP contribution is 2.49. The van der Waals surface area contributed by atoms with E-state index in [1.54, 1.807) is 6.07 Å². The number of halogens is 3. The van der Waals surface area contributed by atoms with Gasteiger partial charge < -0.3 is 29.7 Å². The molecule has 2 bridgehead atoms. The summed E-state index contributed by atoms with van der Waals surface area (Å²) in [5.41, 5.74) is 0.477. The average molecular weight is 686 g/mol. The van der Waals surface area contributed by atoms with E-state index < -0.39 is 11.6 Å². The molecule has 5 aliphatic rings. The maximum absolute atomic E-state index is 17.1. The van der Waals surface area contributed by atoms with Gasteiger partial charge in [0.05, 0.1) is 23.8 Å². The number of nitrogens with one attached hydrogen (secondary N) is 1. The third-order valence-electron chi connectivity index (χ3n) is 11.5. The second-order valence-corrected chi connectivity index (χ2v) is 15.4. The van der Waals surface area contributed by atoms with Crippen LogP contribution >= 0.6 is 11.6 Å². The molecule has 5 heterocycles. The monoisotopic (exact) mass is 685 g/mol. The minimum atomic E-state index is -0.712. The first-order valence-corrected chi connectivity index (χ1v) is 17.7. The number of piperazine rings is 1. The van der Waals surface area contributed by atoms with E-state index in [-0.39, 0.29) is 49.8 Å². The van der Waals surface area contributed by atoms with E-state index in [1.165, 1.54) is 30.7 Å². The second-order valence-electron chi connectivity index (χ2n) is 15.0. The van der Waals surface area contributed by atoms with Gasteiger partial charge in [-0.15, -0.1) is 6.42 Å². The van der Waals surface area contributed by atoms with Crippen molar-refractivity contribution >= 4 is 39.1 Å². The lowest BCUT2D eigenvalue weighted by molar-refractivity contribution is 0.138. The number of anilines is 1. The fraction of sp³-hybridized carbons (Fsp3) is 0.474. The van der Waals surface area contributed by atoms with Gasteiger partial charge in [0.15, 0.2) is 5.82 Å². The Morgan fingerprint density at radius 3 is 2.65 bits per heavy atom. The Balaban J connectivity index is 1.11. The molecular weight excluding hydrogens is 648 g/mol. The lowest BCUT2D eigenvalue weighted by atomic mass is 9.87. The van der Waals surface area contributed by atoms with Crippen LogP contribution in [0, 0.1) is 34.8 Å². The van der Waals surface area contributed by atoms with Gasteiger partial charge in [0.1, 0.15) is 22.9 Å². The quantitative estimate of drug-likeness (QED) is 0.220. The van der Waals surface area contributed by atoms with Crippen LogP contribution < -0.4 is 15.0 Å². The molecule has 254 valence electrons. The number of benzene rings is 3. The molecule has 3 aromatic carbocycles. The van der Waals surface area contributed by atoms with E-state index in [0.717, 1.165) is 78.0 Å². The molecule has 9 rings (SSSR count). The highest BCUT2D eigenvalue weighted by Gasteiger charge is 2.49. The zero-order chi connectivity index (χ0) is 33.5. The van der Waals surface area contributed by atoms with Crippen LogP contribution in [0.25, 0.3) is 32.8 Å². The highest BCUT2D eigenvalue weighted by molar-refractivity contribution is 6.35. The third-order valence-corrected chi connectivity index (χ3v) is 11.8. The van der Waals surface area contributed by atoms with Crippen molar-refractivity contribution < 1.29 is 23.4 Å². The molecule has 1 saturated carbocycles. The van der Waals surface area contributed by atoms with Crippen LogP contribution in [0.15, 0.2) is 30.3 Å². The molecule has 49 heavy (non-hydrogen) atoms. The van der Waals surface area contributed by atoms with Crippen LogP contribution in [0.1, 0.15) is 44.1 Å². The summed E-state index contributed by atoms with van der Waals surface area (Å²) in [5, 5.41) is 15.6. The number of phenols is 1. The molecule has 0 amide bonds. The van der Waals surface area contributed by atoms with Gasteiger partial charge in [-0.2, -0.15) is 9.97 Å². The first-order valence-electron chi connectivity index (χ1n) is 17.3. The fourth-order valence-electron chi connectivity index (χ4n) is 8.80. The summed E-state index contributed by atoms with van der Waals surface area (Å²) >= 11 is 6.91. The summed E-state index contributed by atoms with van der Waals surface area (Å²) in [4.78, 5) is 14.3. The van der Waals surface area contributed by atoms with Gasteiger partial charge in [0, 0.05) is 72.0 Å². The number of ether oxygens (including phenoxy) is 2. The molecule has 1 aliphatic carbocycles. The van der Waals surface area contributed by atoms with E-state index in [4.69, 9.17) is 32.5 Å². The van der Waals surface area contributed by atoms with E-state index >= 15 is 4.39 Å². The number of aromatic hydroxyl groups is 1. The minimum Gasteiger partial charge on any atom is -0.508 e. The predicted molar refractivity (Wildman–Crippen MR) is 185 cm³/mol. The Morgan fingerprint density at radius 2 is 1.92 bits per heavy atom. The molecule has 4 saturated heterocycles. The molecular formula is C38H38ClF2N5O3. The molecule has 4 aliphatic heterocycles. The number of rotatable bonds is 7. The first kappa shape index (κ1) is 31.2. The number of phenolic OH excluding ortho intramolecular Hbond substituents is 1. The van der Waals surface area contributed by atoms with Crippen molar-refractivity contribution in [1.29, 1.82) is 0 Å². The Morgan fingerprint density at radius 1 is 1.10 bits per heavy atom. The molecule has 1 spiro atoms. The van der Waals surface area contributed by atoms with Gasteiger partial charge in [0.2, 0.25) is 0 Å². The van der Waals surface area contributed by atoms with Crippen LogP contribution in [0.5, 0.6) is 11.8 Å². The summed E-state index contributed by atoms with van der Waals surface area (Å²) < 4.78 is 44.2. The molecule has 2 N–H and O–H groups in total. The summed E-state index contributed by atoms with van der Waals surface area (Å²) in [5.74, 6) is 1.52. The average Bonchev–Trinajstić information content (AvgIpc) is 3.34. The summed E-state index contributed by atoms with van der Waals surface area (Å²) in [6.45, 7) is 6.65. The predicted octanol–water partition coefficient (Wildman–Crippen LogP) is 6.28. The summed E-state index contributed by atoms with van der Waals surface area (Å²) in [6.07, 6.45) is 12.3. The third kappa shape index (κ3) is 5.46. The van der Waals surface area contributed by atoms with Crippen molar-refractivity contribution in [3.63, 3.8) is 0 Å². The van der Waals surface area contributed by atoms with Gasteiger partial charge in [-0.25, -0.2) is 8.78 Å². The van der Waals surface area contributed by atoms with Crippen molar-refractivity contribution in [1.82, 2.24) is 20.2 Å². The van der Waals surface area contributed by atoms with Crippen LogP contribution in [-0.4, -0.2) is 84.6 Å². The first-order chi connectivity index (χ1) is 23.7. The lowest BCUT2D eigenvalue weighted by Crippen LogP contribution is -2.51. The van der Waals surface area contributed by atoms with Crippen LogP contribution in [0.4, 0.5) is 14.6 Å². The number of terminal acetylenes is 1. The largest absolute Gasteiger partial charge is 0.508 e. The molecule has 3 atom stereocenters.